The van der Waals surface area contributed by atoms with Crippen LogP contribution in [0.25, 0.3) is 6.08 Å². The highest BCUT2D eigenvalue weighted by Gasteiger charge is 2.04. The Morgan fingerprint density at radius 1 is 1.57 bits per heavy atom. The van der Waals surface area contributed by atoms with Crippen LogP contribution in [-0.2, 0) is 0 Å². The first-order chi connectivity index (χ1) is 6.65. The molecule has 0 atom stereocenters. The number of hydrogen-bond donors (Lipinski definition) is 1. The van der Waals surface area contributed by atoms with E-state index in [1.807, 2.05) is 18.2 Å². The van der Waals surface area contributed by atoms with Crippen LogP contribution in [0.2, 0.25) is 5.02 Å². The molecule has 0 aliphatic heterocycles. The van der Waals surface area contributed by atoms with Gasteiger partial charge in [-0.25, -0.2) is 0 Å². The summed E-state index contributed by atoms with van der Waals surface area (Å²) in [7, 11) is 0. The molecule has 0 aliphatic rings. The molecule has 0 aliphatic carbocycles. The molecule has 0 radical (unpaired) electrons. The van der Waals surface area contributed by atoms with Crippen molar-refractivity contribution in [1.29, 1.82) is 0 Å². The molecule has 1 aromatic rings. The minimum Gasteiger partial charge on any atom is -0.327 e. The van der Waals surface area contributed by atoms with Crippen molar-refractivity contribution in [2.45, 2.75) is 6.92 Å². The van der Waals surface area contributed by atoms with E-state index in [4.69, 9.17) is 17.3 Å². The first-order valence-electron chi connectivity index (χ1n) is 4.32. The predicted molar refractivity (Wildman–Crippen MR) is 59.5 cm³/mol. The number of benzene rings is 1. The van der Waals surface area contributed by atoms with Gasteiger partial charge in [-0.1, -0.05) is 29.8 Å². The van der Waals surface area contributed by atoms with Crippen molar-refractivity contribution in [3.8, 4) is 0 Å². The molecular weight excluding hydrogens is 198 g/mol. The Balaban J connectivity index is 3.06. The number of Topliss-reactive ketones (excluding diaryl/α,β-unsaturated/α-hetero) is 1. The Labute approximate surface area is 88.4 Å². The van der Waals surface area contributed by atoms with Crippen LogP contribution >= 0.6 is 11.6 Å². The maximum atomic E-state index is 11.2. The lowest BCUT2D eigenvalue weighted by molar-refractivity contribution is 0.101. The van der Waals surface area contributed by atoms with Gasteiger partial charge in [-0.05, 0) is 24.6 Å². The maximum Gasteiger partial charge on any atom is 0.161 e. The summed E-state index contributed by atoms with van der Waals surface area (Å²) in [6.07, 6.45) is 3.69. The zero-order valence-electron chi connectivity index (χ0n) is 7.96. The van der Waals surface area contributed by atoms with Crippen LogP contribution in [-0.4, -0.2) is 12.3 Å². The highest BCUT2D eigenvalue weighted by molar-refractivity contribution is 6.33. The fourth-order valence-electron chi connectivity index (χ4n) is 1.12. The van der Waals surface area contributed by atoms with Gasteiger partial charge in [-0.2, -0.15) is 0 Å². The number of nitrogens with two attached hydrogens (primary N) is 1. The first-order valence-corrected chi connectivity index (χ1v) is 4.70. The monoisotopic (exact) mass is 209 g/mol. The Kier molecular flexibility index (Phi) is 3.86. The van der Waals surface area contributed by atoms with Gasteiger partial charge in [0.15, 0.2) is 5.78 Å². The van der Waals surface area contributed by atoms with E-state index in [9.17, 15) is 4.79 Å². The van der Waals surface area contributed by atoms with Crippen LogP contribution < -0.4 is 5.73 Å². The quantitative estimate of drug-likeness (QED) is 0.778. The van der Waals surface area contributed by atoms with Crippen LogP contribution in [0, 0.1) is 0 Å². The maximum absolute atomic E-state index is 11.2. The zero-order valence-corrected chi connectivity index (χ0v) is 8.71. The third-order valence-corrected chi connectivity index (χ3v) is 2.15. The second kappa shape index (κ2) is 4.94. The van der Waals surface area contributed by atoms with E-state index in [1.54, 1.807) is 12.1 Å². The van der Waals surface area contributed by atoms with Gasteiger partial charge in [0.1, 0.15) is 0 Å². The molecule has 14 heavy (non-hydrogen) atoms. The van der Waals surface area contributed by atoms with Crippen molar-refractivity contribution in [2.24, 2.45) is 5.73 Å². The molecule has 0 amide bonds. The molecule has 0 saturated carbocycles. The number of carbonyl (C=O) groups excluding carboxylic acids is 1. The zero-order chi connectivity index (χ0) is 10.6. The number of ketones is 1. The average molecular weight is 210 g/mol. The molecule has 74 valence electrons. The molecule has 0 spiro atoms. The fraction of sp³-hybridized carbons (Fsp3) is 0.182. The lowest BCUT2D eigenvalue weighted by Gasteiger charge is -2.01. The Morgan fingerprint density at radius 2 is 2.29 bits per heavy atom. The molecule has 0 fully saturated rings. The smallest absolute Gasteiger partial charge is 0.161 e. The van der Waals surface area contributed by atoms with Gasteiger partial charge in [0.05, 0.1) is 5.02 Å². The van der Waals surface area contributed by atoms with Crippen LogP contribution in [0.15, 0.2) is 24.3 Å². The highest BCUT2D eigenvalue weighted by atomic mass is 35.5. The van der Waals surface area contributed by atoms with E-state index in [0.717, 1.165) is 5.56 Å². The van der Waals surface area contributed by atoms with Gasteiger partial charge in [0.2, 0.25) is 0 Å². The summed E-state index contributed by atoms with van der Waals surface area (Å²) in [4.78, 5) is 11.2. The minimum absolute atomic E-state index is 0.0296. The standard InChI is InChI=1S/C11H12ClNO/c1-8(14)10-7-9(3-2-6-13)4-5-11(10)12/h2-5,7H,6,13H2,1H3. The molecular formula is C11H12ClNO. The van der Waals surface area contributed by atoms with E-state index >= 15 is 0 Å². The van der Waals surface area contributed by atoms with E-state index in [0.29, 0.717) is 17.1 Å². The third kappa shape index (κ3) is 2.69. The van der Waals surface area contributed by atoms with E-state index in [2.05, 4.69) is 0 Å². The molecule has 3 heteroatoms. The summed E-state index contributed by atoms with van der Waals surface area (Å²) in [6.45, 7) is 1.98. The minimum atomic E-state index is -0.0296. The summed E-state index contributed by atoms with van der Waals surface area (Å²) in [6, 6.07) is 5.33. The van der Waals surface area contributed by atoms with Crippen LogP contribution in [0.3, 0.4) is 0 Å². The number of carbonyl (C=O) groups is 1. The molecule has 2 N–H and O–H groups in total. The third-order valence-electron chi connectivity index (χ3n) is 1.82. The highest BCUT2D eigenvalue weighted by Crippen LogP contribution is 2.18. The summed E-state index contributed by atoms with van der Waals surface area (Å²) in [5.74, 6) is -0.0296. The van der Waals surface area contributed by atoms with Gasteiger partial charge in [0.25, 0.3) is 0 Å². The Bertz CT molecular complexity index is 372. The van der Waals surface area contributed by atoms with Crippen molar-refractivity contribution in [3.63, 3.8) is 0 Å². The average Bonchev–Trinajstić information content (AvgIpc) is 2.16. The summed E-state index contributed by atoms with van der Waals surface area (Å²) in [5, 5.41) is 0.488. The lowest BCUT2D eigenvalue weighted by atomic mass is 10.1. The van der Waals surface area contributed by atoms with Gasteiger partial charge < -0.3 is 5.73 Å². The SMILES string of the molecule is CC(=O)c1cc(C=CCN)ccc1Cl. The molecule has 0 unspecified atom stereocenters. The Morgan fingerprint density at radius 3 is 2.86 bits per heavy atom. The molecule has 0 heterocycles. The second-order valence-corrected chi connectivity index (χ2v) is 3.34. The van der Waals surface area contributed by atoms with Crippen LogP contribution in [0.4, 0.5) is 0 Å². The number of hydrogen-bond acceptors (Lipinski definition) is 2. The normalized spacial score (nSPS) is 10.8. The predicted octanol–water partition coefficient (Wildman–Crippen LogP) is 2.51. The van der Waals surface area contributed by atoms with E-state index < -0.39 is 0 Å². The van der Waals surface area contributed by atoms with Crippen molar-refractivity contribution < 1.29 is 4.79 Å². The molecule has 2 nitrogen and oxygen atoms in total. The molecule has 1 aromatic carbocycles. The van der Waals surface area contributed by atoms with Crippen molar-refractivity contribution in [1.82, 2.24) is 0 Å². The van der Waals surface area contributed by atoms with Gasteiger partial charge in [-0.15, -0.1) is 0 Å². The van der Waals surface area contributed by atoms with Crippen molar-refractivity contribution in [3.05, 3.63) is 40.4 Å². The van der Waals surface area contributed by atoms with Crippen LogP contribution in [0.5, 0.6) is 0 Å². The first kappa shape index (κ1) is 11.0. The Hall–Kier alpha value is -1.12. The molecule has 0 bridgehead atoms. The van der Waals surface area contributed by atoms with Gasteiger partial charge >= 0.3 is 0 Å². The van der Waals surface area contributed by atoms with Crippen molar-refractivity contribution >= 4 is 23.5 Å². The molecule has 0 saturated heterocycles. The van der Waals surface area contributed by atoms with E-state index in [1.165, 1.54) is 6.92 Å². The van der Waals surface area contributed by atoms with E-state index in [-0.39, 0.29) is 5.78 Å². The number of halogens is 1. The molecule has 1 rings (SSSR count). The van der Waals surface area contributed by atoms with Gasteiger partial charge in [-0.3, -0.25) is 4.79 Å². The summed E-state index contributed by atoms with van der Waals surface area (Å²) >= 11 is 5.86. The fourth-order valence-corrected chi connectivity index (χ4v) is 1.37. The van der Waals surface area contributed by atoms with Crippen molar-refractivity contribution in [2.75, 3.05) is 6.54 Å². The largest absolute Gasteiger partial charge is 0.327 e. The lowest BCUT2D eigenvalue weighted by Crippen LogP contribution is -1.95. The number of rotatable bonds is 3. The summed E-state index contributed by atoms with van der Waals surface area (Å²) in [5.41, 5.74) is 6.81. The topological polar surface area (TPSA) is 43.1 Å². The second-order valence-electron chi connectivity index (χ2n) is 2.93. The molecule has 0 aromatic heterocycles. The van der Waals surface area contributed by atoms with Crippen LogP contribution in [0.1, 0.15) is 22.8 Å². The summed E-state index contributed by atoms with van der Waals surface area (Å²) < 4.78 is 0. The van der Waals surface area contributed by atoms with Gasteiger partial charge in [0, 0.05) is 12.1 Å².